The normalized spacial score (nSPS) is 13.8. The third-order valence-electron chi connectivity index (χ3n) is 5.06. The van der Waals surface area contributed by atoms with Crippen LogP contribution >= 0.6 is 0 Å². The molecule has 0 saturated carbocycles. The van der Waals surface area contributed by atoms with E-state index < -0.39 is 10.4 Å². The largest absolute Gasteiger partial charge is 0.726 e. The number of nitrogens with one attached hydrogen (secondary N) is 1. The first-order valence-electron chi connectivity index (χ1n) is 11.8. The number of rotatable bonds is 17. The second-order valence-electron chi connectivity index (χ2n) is 8.36. The van der Waals surface area contributed by atoms with E-state index in [1.54, 1.807) is 0 Å². The highest BCUT2D eigenvalue weighted by molar-refractivity contribution is 7.80. The Bertz CT molecular complexity index is 493. The fourth-order valence-electron chi connectivity index (χ4n) is 3.42. The first-order chi connectivity index (χ1) is 13.8. The molecule has 1 heterocycles. The third kappa shape index (κ3) is 23.5. The van der Waals surface area contributed by atoms with Crippen molar-refractivity contribution in [2.75, 3.05) is 26.2 Å². The van der Waals surface area contributed by atoms with Crippen molar-refractivity contribution in [1.29, 1.82) is 0 Å². The van der Waals surface area contributed by atoms with Crippen molar-refractivity contribution in [2.45, 2.75) is 104 Å². The molecule has 0 aliphatic carbocycles. The minimum absolute atomic E-state index is 0.0914. The van der Waals surface area contributed by atoms with Crippen LogP contribution in [0.3, 0.4) is 0 Å². The second-order valence-corrected chi connectivity index (χ2v) is 9.41. The van der Waals surface area contributed by atoms with Crippen molar-refractivity contribution in [3.63, 3.8) is 0 Å². The zero-order valence-electron chi connectivity index (χ0n) is 19.2. The summed E-state index contributed by atoms with van der Waals surface area (Å²) in [6, 6.07) is 0. The summed E-state index contributed by atoms with van der Waals surface area (Å²) >= 11 is 0. The lowest BCUT2D eigenvalue weighted by Crippen LogP contribution is -2.11. The van der Waals surface area contributed by atoms with Crippen molar-refractivity contribution in [1.82, 2.24) is 5.32 Å². The quantitative estimate of drug-likeness (QED) is 0.153. The minimum Gasteiger partial charge on any atom is -0.726 e. The average Bonchev–Trinajstić information content (AvgIpc) is 3.15. The van der Waals surface area contributed by atoms with Gasteiger partial charge in [0.15, 0.2) is 0 Å². The van der Waals surface area contributed by atoms with Gasteiger partial charge in [0.2, 0.25) is 16.7 Å². The van der Waals surface area contributed by atoms with Crippen LogP contribution in [0.4, 0.5) is 0 Å². The average molecular weight is 435 g/mol. The molecule has 1 N–H and O–H groups in total. The van der Waals surface area contributed by atoms with Crippen LogP contribution in [0.25, 0.3) is 0 Å². The van der Waals surface area contributed by atoms with Gasteiger partial charge in [-0.1, -0.05) is 84.5 Å². The molecule has 0 unspecified atom stereocenters. The SMILES string of the molecule is CC(C)CCCCCCCCCCCCCC[N+]1=CNCC1.CCOS(=O)(=O)[O-]. The summed E-state index contributed by atoms with van der Waals surface area (Å²) in [6.45, 7) is 9.60. The van der Waals surface area contributed by atoms with Crippen LogP contribution < -0.4 is 5.32 Å². The van der Waals surface area contributed by atoms with Crippen LogP contribution in [-0.2, 0) is 14.6 Å². The molecule has 7 heteroatoms. The van der Waals surface area contributed by atoms with E-state index in [4.69, 9.17) is 0 Å². The Hall–Kier alpha value is -0.660. The van der Waals surface area contributed by atoms with E-state index in [-0.39, 0.29) is 6.61 Å². The predicted octanol–water partition coefficient (Wildman–Crippen LogP) is 4.84. The van der Waals surface area contributed by atoms with Crippen LogP contribution in [0.2, 0.25) is 0 Å². The lowest BCUT2D eigenvalue weighted by atomic mass is 10.0. The molecule has 0 spiro atoms. The van der Waals surface area contributed by atoms with Crippen LogP contribution in [0.15, 0.2) is 0 Å². The van der Waals surface area contributed by atoms with Gasteiger partial charge in [0, 0.05) is 0 Å². The minimum atomic E-state index is -4.42. The fraction of sp³-hybridized carbons (Fsp3) is 0.955. The number of unbranched alkanes of at least 4 members (excludes halogenated alkanes) is 11. The van der Waals surface area contributed by atoms with Crippen molar-refractivity contribution in [2.24, 2.45) is 5.92 Å². The lowest BCUT2D eigenvalue weighted by Gasteiger charge is -2.05. The molecule has 0 saturated heterocycles. The van der Waals surface area contributed by atoms with Gasteiger partial charge in [-0.25, -0.2) is 8.42 Å². The Kier molecular flexibility index (Phi) is 18.9. The monoisotopic (exact) mass is 434 g/mol. The van der Waals surface area contributed by atoms with Gasteiger partial charge in [0.1, 0.15) is 13.1 Å². The van der Waals surface area contributed by atoms with E-state index in [2.05, 4.69) is 34.3 Å². The summed E-state index contributed by atoms with van der Waals surface area (Å²) in [4.78, 5) is 0. The van der Waals surface area contributed by atoms with Gasteiger partial charge in [-0.2, -0.15) is 0 Å². The molecular weight excluding hydrogens is 388 g/mol. The van der Waals surface area contributed by atoms with Gasteiger partial charge in [-0.15, -0.1) is 0 Å². The maximum Gasteiger partial charge on any atom is 0.232 e. The molecule has 6 nitrogen and oxygen atoms in total. The molecule has 0 aromatic heterocycles. The Morgan fingerprint density at radius 3 is 1.76 bits per heavy atom. The predicted molar refractivity (Wildman–Crippen MR) is 120 cm³/mol. The summed E-state index contributed by atoms with van der Waals surface area (Å²) in [5.74, 6) is 0.894. The smallest absolute Gasteiger partial charge is 0.232 e. The summed E-state index contributed by atoms with van der Waals surface area (Å²) in [6.07, 6.45) is 21.0. The first-order valence-corrected chi connectivity index (χ1v) is 13.1. The van der Waals surface area contributed by atoms with Crippen LogP contribution in [-0.4, -0.2) is 50.1 Å². The Morgan fingerprint density at radius 1 is 0.931 bits per heavy atom. The van der Waals surface area contributed by atoms with Crippen molar-refractivity contribution < 1.29 is 21.7 Å². The van der Waals surface area contributed by atoms with Gasteiger partial charge < -0.3 is 4.55 Å². The maximum atomic E-state index is 9.45. The van der Waals surface area contributed by atoms with Crippen LogP contribution in [0.1, 0.15) is 104 Å². The molecule has 0 fully saturated rings. The first kappa shape index (κ1) is 28.3. The molecule has 1 aliphatic heterocycles. The molecule has 0 aromatic carbocycles. The van der Waals surface area contributed by atoms with E-state index in [1.165, 1.54) is 103 Å². The molecule has 1 rings (SSSR count). The highest BCUT2D eigenvalue weighted by Gasteiger charge is 2.06. The Labute approximate surface area is 180 Å². The summed E-state index contributed by atoms with van der Waals surface area (Å²) < 4.78 is 34.4. The Morgan fingerprint density at radius 2 is 1.41 bits per heavy atom. The molecule has 0 atom stereocenters. The fourth-order valence-corrected chi connectivity index (χ4v) is 3.71. The summed E-state index contributed by atoms with van der Waals surface area (Å²) in [5.41, 5.74) is 0. The summed E-state index contributed by atoms with van der Waals surface area (Å²) in [5, 5.41) is 3.27. The van der Waals surface area contributed by atoms with Crippen molar-refractivity contribution >= 4 is 16.7 Å². The maximum absolute atomic E-state index is 9.45. The van der Waals surface area contributed by atoms with E-state index in [1.807, 2.05) is 0 Å². The van der Waals surface area contributed by atoms with Gasteiger partial charge in [-0.05, 0) is 25.7 Å². The molecule has 0 radical (unpaired) electrons. The Balaban J connectivity index is 0.000000956. The van der Waals surface area contributed by atoms with Gasteiger partial charge >= 0.3 is 0 Å². The second kappa shape index (κ2) is 19.3. The molecule has 29 heavy (non-hydrogen) atoms. The van der Waals surface area contributed by atoms with Crippen LogP contribution in [0.5, 0.6) is 0 Å². The molecule has 0 amide bonds. The van der Waals surface area contributed by atoms with E-state index >= 15 is 0 Å². The van der Waals surface area contributed by atoms with Crippen LogP contribution in [0, 0.1) is 5.92 Å². The van der Waals surface area contributed by atoms with Gasteiger partial charge in [0.25, 0.3) is 0 Å². The zero-order valence-corrected chi connectivity index (χ0v) is 20.0. The summed E-state index contributed by atoms with van der Waals surface area (Å²) in [7, 11) is -4.42. The van der Waals surface area contributed by atoms with Crippen molar-refractivity contribution in [3.05, 3.63) is 0 Å². The zero-order chi connectivity index (χ0) is 21.8. The molecule has 0 aromatic rings. The van der Waals surface area contributed by atoms with Crippen molar-refractivity contribution in [3.8, 4) is 0 Å². The number of nitrogens with zero attached hydrogens (tertiary/aromatic N) is 1. The molecule has 1 aliphatic rings. The highest BCUT2D eigenvalue weighted by atomic mass is 32.3. The van der Waals surface area contributed by atoms with E-state index in [0.717, 1.165) is 12.5 Å². The van der Waals surface area contributed by atoms with E-state index in [9.17, 15) is 13.0 Å². The lowest BCUT2D eigenvalue weighted by molar-refractivity contribution is -0.514. The molecule has 174 valence electrons. The topological polar surface area (TPSA) is 81.5 Å². The third-order valence-corrected chi connectivity index (χ3v) is 5.58. The highest BCUT2D eigenvalue weighted by Crippen LogP contribution is 2.14. The number of hydrogen-bond acceptors (Lipinski definition) is 5. The molecule has 0 bridgehead atoms. The van der Waals surface area contributed by atoms with E-state index in [0.29, 0.717) is 0 Å². The standard InChI is InChI=1S/C20H40N2.C2H6O4S/c1-20(2)15-13-11-9-7-5-3-4-6-8-10-12-14-17-22-18-16-21-19-22;1-2-6-7(3,4)5/h19-20H,3-18H2,1-2H3;2H2,1H3,(H,3,4,5). The molecular formula is C22H46N2O4S. The van der Waals surface area contributed by atoms with Gasteiger partial charge in [-0.3, -0.25) is 14.1 Å². The number of hydrogen-bond donors (Lipinski definition) is 1. The van der Waals surface area contributed by atoms with Gasteiger partial charge in [0.05, 0.1) is 13.2 Å².